The Bertz CT molecular complexity index is 559. The third-order valence-electron chi connectivity index (χ3n) is 4.37. The van der Waals surface area contributed by atoms with Crippen LogP contribution >= 0.6 is 0 Å². The lowest BCUT2D eigenvalue weighted by atomic mass is 10.0. The van der Waals surface area contributed by atoms with Gasteiger partial charge in [0, 0.05) is 12.6 Å². The number of amides is 1. The van der Waals surface area contributed by atoms with Crippen molar-refractivity contribution in [2.75, 3.05) is 32.8 Å². The Morgan fingerprint density at radius 1 is 1.30 bits per heavy atom. The van der Waals surface area contributed by atoms with E-state index in [1.54, 1.807) is 0 Å². The average molecular weight is 318 g/mol. The molecule has 2 aliphatic heterocycles. The molecule has 1 amide bonds. The standard InChI is InChI=1S/C18H26N2O3/c1-13(2)11-19-18(21)12-20-7-3-4-15(20)14-5-6-16-17(10-14)23-9-8-22-16/h5-6,10,13,15H,3-4,7-9,11-12H2,1-2H3,(H,19,21). The molecule has 1 unspecified atom stereocenters. The number of likely N-dealkylation sites (tertiary alicyclic amines) is 1. The smallest absolute Gasteiger partial charge is 0.234 e. The summed E-state index contributed by atoms with van der Waals surface area (Å²) in [6.07, 6.45) is 2.20. The second-order valence-electron chi connectivity index (χ2n) is 6.73. The summed E-state index contributed by atoms with van der Waals surface area (Å²) in [5, 5.41) is 3.01. The van der Waals surface area contributed by atoms with Crippen molar-refractivity contribution in [2.24, 2.45) is 5.92 Å². The molecule has 1 fully saturated rings. The maximum Gasteiger partial charge on any atom is 0.234 e. The third kappa shape index (κ3) is 3.96. The molecule has 5 nitrogen and oxygen atoms in total. The summed E-state index contributed by atoms with van der Waals surface area (Å²) in [5.74, 6) is 2.23. The van der Waals surface area contributed by atoms with Crippen molar-refractivity contribution in [1.82, 2.24) is 10.2 Å². The fraction of sp³-hybridized carbons (Fsp3) is 0.611. The molecule has 1 N–H and O–H groups in total. The van der Waals surface area contributed by atoms with Gasteiger partial charge in [-0.05, 0) is 43.0 Å². The molecule has 23 heavy (non-hydrogen) atoms. The van der Waals surface area contributed by atoms with Crippen LogP contribution in [0.5, 0.6) is 11.5 Å². The van der Waals surface area contributed by atoms with Gasteiger partial charge in [-0.3, -0.25) is 9.69 Å². The van der Waals surface area contributed by atoms with Gasteiger partial charge in [0.1, 0.15) is 13.2 Å². The minimum absolute atomic E-state index is 0.114. The number of rotatable bonds is 5. The molecular weight excluding hydrogens is 292 g/mol. The van der Waals surface area contributed by atoms with Crippen LogP contribution in [0.3, 0.4) is 0 Å². The fourth-order valence-corrected chi connectivity index (χ4v) is 3.22. The first-order valence-electron chi connectivity index (χ1n) is 8.54. The van der Waals surface area contributed by atoms with E-state index in [-0.39, 0.29) is 11.9 Å². The van der Waals surface area contributed by atoms with Gasteiger partial charge in [0.15, 0.2) is 11.5 Å². The molecule has 2 aliphatic rings. The highest BCUT2D eigenvalue weighted by molar-refractivity contribution is 5.78. The van der Waals surface area contributed by atoms with Gasteiger partial charge in [-0.1, -0.05) is 19.9 Å². The summed E-state index contributed by atoms with van der Waals surface area (Å²) in [5.41, 5.74) is 1.21. The van der Waals surface area contributed by atoms with Crippen molar-refractivity contribution in [1.29, 1.82) is 0 Å². The Morgan fingerprint density at radius 3 is 2.87 bits per heavy atom. The molecule has 0 bridgehead atoms. The van der Waals surface area contributed by atoms with Crippen LogP contribution in [0.4, 0.5) is 0 Å². The Balaban J connectivity index is 1.65. The molecule has 0 aromatic heterocycles. The highest BCUT2D eigenvalue weighted by atomic mass is 16.6. The summed E-state index contributed by atoms with van der Waals surface area (Å²) in [4.78, 5) is 14.4. The second kappa shape index (κ2) is 7.21. The maximum atomic E-state index is 12.1. The summed E-state index contributed by atoms with van der Waals surface area (Å²) >= 11 is 0. The minimum Gasteiger partial charge on any atom is -0.486 e. The van der Waals surface area contributed by atoms with Gasteiger partial charge in [0.25, 0.3) is 0 Å². The predicted molar refractivity (Wildman–Crippen MR) is 88.8 cm³/mol. The number of nitrogens with zero attached hydrogens (tertiary/aromatic N) is 1. The van der Waals surface area contributed by atoms with E-state index < -0.39 is 0 Å². The lowest BCUT2D eigenvalue weighted by molar-refractivity contribution is -0.122. The Kier molecular flexibility index (Phi) is 5.06. The number of fused-ring (bicyclic) bond motifs is 1. The highest BCUT2D eigenvalue weighted by Crippen LogP contribution is 2.37. The van der Waals surface area contributed by atoms with Crippen LogP contribution in [0.25, 0.3) is 0 Å². The number of hydrogen-bond acceptors (Lipinski definition) is 4. The van der Waals surface area contributed by atoms with Gasteiger partial charge in [0.05, 0.1) is 6.54 Å². The topological polar surface area (TPSA) is 50.8 Å². The molecule has 0 spiro atoms. The third-order valence-corrected chi connectivity index (χ3v) is 4.37. The number of carbonyl (C=O) groups is 1. The van der Waals surface area contributed by atoms with Crippen LogP contribution < -0.4 is 14.8 Å². The van der Waals surface area contributed by atoms with Crippen molar-refractivity contribution in [3.05, 3.63) is 23.8 Å². The van der Waals surface area contributed by atoms with Crippen molar-refractivity contribution in [3.63, 3.8) is 0 Å². The van der Waals surface area contributed by atoms with E-state index in [4.69, 9.17) is 9.47 Å². The number of carbonyl (C=O) groups excluding carboxylic acids is 1. The number of nitrogens with one attached hydrogen (secondary N) is 1. The van der Waals surface area contributed by atoms with Gasteiger partial charge in [-0.15, -0.1) is 0 Å². The average Bonchev–Trinajstić information content (AvgIpc) is 3.00. The number of ether oxygens (including phenoxy) is 2. The molecule has 5 heteroatoms. The van der Waals surface area contributed by atoms with E-state index in [1.807, 2.05) is 6.07 Å². The van der Waals surface area contributed by atoms with Crippen LogP contribution in [-0.2, 0) is 4.79 Å². The van der Waals surface area contributed by atoms with Crippen molar-refractivity contribution in [3.8, 4) is 11.5 Å². The molecule has 1 aromatic carbocycles. The summed E-state index contributed by atoms with van der Waals surface area (Å²) in [6, 6.07) is 6.45. The molecule has 0 saturated carbocycles. The minimum atomic E-state index is 0.114. The lowest BCUT2D eigenvalue weighted by Gasteiger charge is -2.26. The van der Waals surface area contributed by atoms with E-state index in [0.717, 1.165) is 37.4 Å². The molecule has 3 rings (SSSR count). The van der Waals surface area contributed by atoms with Crippen LogP contribution in [0.2, 0.25) is 0 Å². The molecule has 1 atom stereocenters. The lowest BCUT2D eigenvalue weighted by Crippen LogP contribution is -2.38. The normalized spacial score (nSPS) is 20.7. The molecule has 0 radical (unpaired) electrons. The van der Waals surface area contributed by atoms with Gasteiger partial charge >= 0.3 is 0 Å². The Labute approximate surface area is 137 Å². The van der Waals surface area contributed by atoms with Crippen molar-refractivity contribution < 1.29 is 14.3 Å². The molecule has 1 saturated heterocycles. The zero-order valence-corrected chi connectivity index (χ0v) is 14.0. The monoisotopic (exact) mass is 318 g/mol. The number of hydrogen-bond donors (Lipinski definition) is 1. The molecular formula is C18H26N2O3. The zero-order valence-electron chi connectivity index (χ0n) is 14.0. The van der Waals surface area contributed by atoms with Crippen LogP contribution in [0, 0.1) is 5.92 Å². The Hall–Kier alpha value is -1.75. The largest absolute Gasteiger partial charge is 0.486 e. The number of benzene rings is 1. The predicted octanol–water partition coefficient (Wildman–Crippen LogP) is 2.37. The maximum absolute atomic E-state index is 12.1. The molecule has 1 aromatic rings. The quantitative estimate of drug-likeness (QED) is 0.905. The van der Waals surface area contributed by atoms with Gasteiger partial charge < -0.3 is 14.8 Å². The van der Waals surface area contributed by atoms with E-state index in [0.29, 0.717) is 25.7 Å². The molecule has 0 aliphatic carbocycles. The first kappa shape index (κ1) is 16.1. The van der Waals surface area contributed by atoms with Crippen molar-refractivity contribution >= 4 is 5.91 Å². The van der Waals surface area contributed by atoms with Gasteiger partial charge in [-0.25, -0.2) is 0 Å². The van der Waals surface area contributed by atoms with E-state index >= 15 is 0 Å². The van der Waals surface area contributed by atoms with Gasteiger partial charge in [0.2, 0.25) is 5.91 Å². The van der Waals surface area contributed by atoms with Crippen LogP contribution in [0.1, 0.15) is 38.3 Å². The molecule has 2 heterocycles. The van der Waals surface area contributed by atoms with Crippen molar-refractivity contribution in [2.45, 2.75) is 32.7 Å². The molecule has 126 valence electrons. The van der Waals surface area contributed by atoms with Crippen LogP contribution in [-0.4, -0.2) is 43.7 Å². The summed E-state index contributed by atoms with van der Waals surface area (Å²) in [7, 11) is 0. The Morgan fingerprint density at radius 2 is 2.09 bits per heavy atom. The summed E-state index contributed by atoms with van der Waals surface area (Å²) < 4.78 is 11.3. The van der Waals surface area contributed by atoms with E-state index in [2.05, 4.69) is 36.2 Å². The first-order valence-corrected chi connectivity index (χ1v) is 8.54. The fourth-order valence-electron chi connectivity index (χ4n) is 3.22. The highest BCUT2D eigenvalue weighted by Gasteiger charge is 2.28. The SMILES string of the molecule is CC(C)CNC(=O)CN1CCCC1c1ccc2c(c1)OCCO2. The summed E-state index contributed by atoms with van der Waals surface area (Å²) in [6.45, 7) is 7.59. The zero-order chi connectivity index (χ0) is 16.2. The van der Waals surface area contributed by atoms with E-state index in [1.165, 1.54) is 5.56 Å². The van der Waals surface area contributed by atoms with Crippen LogP contribution in [0.15, 0.2) is 18.2 Å². The first-order chi connectivity index (χ1) is 11.1. The van der Waals surface area contributed by atoms with E-state index in [9.17, 15) is 4.79 Å². The second-order valence-corrected chi connectivity index (χ2v) is 6.73. The van der Waals surface area contributed by atoms with Gasteiger partial charge in [-0.2, -0.15) is 0 Å².